The van der Waals surface area contributed by atoms with E-state index in [0.717, 1.165) is 4.90 Å². The zero-order valence-electron chi connectivity index (χ0n) is 13.6. The third-order valence-electron chi connectivity index (χ3n) is 4.83. The van der Waals surface area contributed by atoms with Crippen LogP contribution in [0.3, 0.4) is 0 Å². The minimum absolute atomic E-state index is 0.266. The van der Waals surface area contributed by atoms with E-state index >= 15 is 0 Å². The van der Waals surface area contributed by atoms with Crippen LogP contribution in [0.25, 0.3) is 10.8 Å². The van der Waals surface area contributed by atoms with E-state index in [-0.39, 0.29) is 22.3 Å². The average Bonchev–Trinajstić information content (AvgIpc) is 2.66. The number of rotatable bonds is 1. The van der Waals surface area contributed by atoms with E-state index in [2.05, 4.69) is 5.32 Å². The fraction of sp³-hybridized carbons (Fsp3) is 0. The second-order valence-electron chi connectivity index (χ2n) is 6.28. The van der Waals surface area contributed by atoms with Crippen LogP contribution >= 0.6 is 11.6 Å². The third kappa shape index (κ3) is 2.01. The van der Waals surface area contributed by atoms with E-state index < -0.39 is 23.6 Å². The molecule has 4 amide bonds. The molecule has 3 aromatic carbocycles. The molecular weight excluding hydrogens is 368 g/mol. The van der Waals surface area contributed by atoms with Crippen LogP contribution in [0.2, 0.25) is 5.02 Å². The molecule has 0 radical (unpaired) electrons. The maximum absolute atomic E-state index is 13.1. The van der Waals surface area contributed by atoms with Crippen molar-refractivity contribution in [3.63, 3.8) is 0 Å². The van der Waals surface area contributed by atoms with Gasteiger partial charge in [0, 0.05) is 38.0 Å². The molecule has 5 rings (SSSR count). The first-order chi connectivity index (χ1) is 13.0. The Morgan fingerprint density at radius 2 is 1.07 bits per heavy atom. The molecule has 27 heavy (non-hydrogen) atoms. The number of halogens is 1. The molecule has 2 aliphatic heterocycles. The first-order valence-electron chi connectivity index (χ1n) is 8.07. The summed E-state index contributed by atoms with van der Waals surface area (Å²) in [6, 6.07) is 12.4. The molecule has 0 bridgehead atoms. The SMILES string of the molecule is O=C1NC(=O)c2ccc3c4c(ccc1c24)C(=O)N(c1ccc(Cl)cc1)C3=O. The van der Waals surface area contributed by atoms with Gasteiger partial charge >= 0.3 is 0 Å². The summed E-state index contributed by atoms with van der Waals surface area (Å²) in [5, 5.41) is 3.43. The summed E-state index contributed by atoms with van der Waals surface area (Å²) < 4.78 is 0. The zero-order valence-corrected chi connectivity index (χ0v) is 14.3. The Labute approximate surface area is 157 Å². The summed E-state index contributed by atoms with van der Waals surface area (Å²) >= 11 is 5.90. The summed E-state index contributed by atoms with van der Waals surface area (Å²) in [5.74, 6) is -2.12. The molecule has 2 aliphatic rings. The molecule has 3 aromatic rings. The van der Waals surface area contributed by atoms with Gasteiger partial charge in [0.1, 0.15) is 0 Å². The standard InChI is InChI=1S/C20H9ClN2O4/c21-9-1-3-10(4-2-9)23-19(26)13-7-5-11-15-12(18(25)22-17(11)24)6-8-14(16(13)15)20(23)27/h1-8H,(H,22,24,25). The van der Waals surface area contributed by atoms with E-state index in [1.807, 2.05) is 0 Å². The highest BCUT2D eigenvalue weighted by atomic mass is 35.5. The maximum Gasteiger partial charge on any atom is 0.265 e. The molecule has 0 saturated heterocycles. The lowest BCUT2D eigenvalue weighted by Gasteiger charge is -2.29. The van der Waals surface area contributed by atoms with Gasteiger partial charge in [-0.05, 0) is 48.5 Å². The number of nitrogens with zero attached hydrogens (tertiary/aromatic N) is 1. The molecule has 0 unspecified atom stereocenters. The Bertz CT molecular complexity index is 1160. The molecule has 130 valence electrons. The highest BCUT2D eigenvalue weighted by Gasteiger charge is 2.37. The number of benzene rings is 3. The second kappa shape index (κ2) is 5.25. The van der Waals surface area contributed by atoms with Gasteiger partial charge in [-0.3, -0.25) is 24.5 Å². The van der Waals surface area contributed by atoms with E-state index in [1.54, 1.807) is 24.3 Å². The first kappa shape index (κ1) is 15.7. The molecule has 1 N–H and O–H groups in total. The lowest BCUT2D eigenvalue weighted by atomic mass is 9.86. The monoisotopic (exact) mass is 376 g/mol. The Morgan fingerprint density at radius 3 is 1.59 bits per heavy atom. The number of hydrogen-bond donors (Lipinski definition) is 1. The molecule has 7 heteroatoms. The number of imide groups is 2. The second-order valence-corrected chi connectivity index (χ2v) is 6.71. The van der Waals surface area contributed by atoms with Crippen molar-refractivity contribution >= 4 is 51.7 Å². The van der Waals surface area contributed by atoms with Crippen LogP contribution in [0.4, 0.5) is 5.69 Å². The van der Waals surface area contributed by atoms with Crippen LogP contribution in [0.1, 0.15) is 41.4 Å². The molecule has 0 aromatic heterocycles. The van der Waals surface area contributed by atoms with Gasteiger partial charge < -0.3 is 0 Å². The number of carbonyl (C=O) groups excluding carboxylic acids is 4. The fourth-order valence-electron chi connectivity index (χ4n) is 3.63. The summed E-state index contributed by atoms with van der Waals surface area (Å²) in [7, 11) is 0. The van der Waals surface area contributed by atoms with Crippen molar-refractivity contribution in [2.45, 2.75) is 0 Å². The number of hydrogen-bond acceptors (Lipinski definition) is 4. The molecule has 2 heterocycles. The van der Waals surface area contributed by atoms with Gasteiger partial charge in [-0.15, -0.1) is 0 Å². The maximum atomic E-state index is 13.1. The predicted octanol–water partition coefficient (Wildman–Crippen LogP) is 3.18. The summed E-state index contributed by atoms with van der Waals surface area (Å²) in [6.45, 7) is 0. The van der Waals surface area contributed by atoms with E-state index in [9.17, 15) is 19.2 Å². The highest BCUT2D eigenvalue weighted by molar-refractivity contribution is 6.39. The number of carbonyl (C=O) groups is 4. The number of nitrogens with one attached hydrogen (secondary N) is 1. The van der Waals surface area contributed by atoms with Crippen LogP contribution in [0.15, 0.2) is 48.5 Å². The molecule has 6 nitrogen and oxygen atoms in total. The molecule has 0 atom stereocenters. The number of anilines is 1. The Hall–Kier alpha value is -3.51. The Balaban J connectivity index is 1.82. The summed E-state index contributed by atoms with van der Waals surface area (Å²) in [6.07, 6.45) is 0. The van der Waals surface area contributed by atoms with Crippen molar-refractivity contribution < 1.29 is 19.2 Å². The lowest BCUT2D eigenvalue weighted by molar-refractivity contribution is 0.0837. The van der Waals surface area contributed by atoms with Crippen molar-refractivity contribution in [2.24, 2.45) is 0 Å². The van der Waals surface area contributed by atoms with Gasteiger partial charge in [-0.1, -0.05) is 11.6 Å². The normalized spacial score (nSPS) is 15.4. The smallest absolute Gasteiger partial charge is 0.265 e. The van der Waals surface area contributed by atoms with Gasteiger partial charge in [0.05, 0.1) is 5.69 Å². The van der Waals surface area contributed by atoms with Crippen molar-refractivity contribution in [3.8, 4) is 0 Å². The quantitative estimate of drug-likeness (QED) is 0.661. The van der Waals surface area contributed by atoms with Crippen LogP contribution < -0.4 is 10.2 Å². The molecule has 0 aliphatic carbocycles. The molecule has 0 fully saturated rings. The minimum atomic E-state index is -0.545. The van der Waals surface area contributed by atoms with Crippen molar-refractivity contribution in [3.05, 3.63) is 75.8 Å². The van der Waals surface area contributed by atoms with E-state index in [4.69, 9.17) is 11.6 Å². The zero-order chi connectivity index (χ0) is 18.9. The van der Waals surface area contributed by atoms with Crippen LogP contribution in [0.5, 0.6) is 0 Å². The van der Waals surface area contributed by atoms with Crippen molar-refractivity contribution in [2.75, 3.05) is 4.90 Å². The van der Waals surface area contributed by atoms with Crippen LogP contribution in [0, 0.1) is 0 Å². The summed E-state index contributed by atoms with van der Waals surface area (Å²) in [5.41, 5.74) is 1.46. The Morgan fingerprint density at radius 1 is 0.630 bits per heavy atom. The molecule has 0 saturated carbocycles. The minimum Gasteiger partial charge on any atom is -0.288 e. The van der Waals surface area contributed by atoms with Gasteiger partial charge in [-0.2, -0.15) is 0 Å². The van der Waals surface area contributed by atoms with E-state index in [0.29, 0.717) is 21.5 Å². The third-order valence-corrected chi connectivity index (χ3v) is 5.08. The summed E-state index contributed by atoms with van der Waals surface area (Å²) in [4.78, 5) is 51.6. The lowest BCUT2D eigenvalue weighted by Crippen LogP contribution is -2.42. The largest absolute Gasteiger partial charge is 0.288 e. The van der Waals surface area contributed by atoms with Crippen LogP contribution in [-0.2, 0) is 0 Å². The average molecular weight is 377 g/mol. The molecular formula is C20H9ClN2O4. The van der Waals surface area contributed by atoms with Gasteiger partial charge in [0.2, 0.25) is 0 Å². The van der Waals surface area contributed by atoms with Crippen LogP contribution in [-0.4, -0.2) is 23.6 Å². The van der Waals surface area contributed by atoms with Crippen molar-refractivity contribution in [1.29, 1.82) is 0 Å². The fourth-order valence-corrected chi connectivity index (χ4v) is 3.75. The van der Waals surface area contributed by atoms with Gasteiger partial charge in [-0.25, -0.2) is 4.90 Å². The first-order valence-corrected chi connectivity index (χ1v) is 8.45. The van der Waals surface area contributed by atoms with Gasteiger partial charge in [0.25, 0.3) is 23.6 Å². The van der Waals surface area contributed by atoms with Gasteiger partial charge in [0.15, 0.2) is 0 Å². The topological polar surface area (TPSA) is 83.6 Å². The van der Waals surface area contributed by atoms with Crippen molar-refractivity contribution in [1.82, 2.24) is 5.32 Å². The molecule has 0 spiro atoms. The Kier molecular flexibility index (Phi) is 3.06. The predicted molar refractivity (Wildman–Crippen MR) is 98.3 cm³/mol. The highest BCUT2D eigenvalue weighted by Crippen LogP contribution is 2.37. The number of amides is 4. The van der Waals surface area contributed by atoms with E-state index in [1.165, 1.54) is 24.3 Å².